The highest BCUT2D eigenvalue weighted by atomic mass is 16.5. The summed E-state index contributed by atoms with van der Waals surface area (Å²) in [4.78, 5) is 13.4. The van der Waals surface area contributed by atoms with Crippen LogP contribution >= 0.6 is 0 Å². The molecule has 29 heavy (non-hydrogen) atoms. The number of nitrogens with zero attached hydrogens (tertiary/aromatic N) is 4. The van der Waals surface area contributed by atoms with Crippen LogP contribution in [0.25, 0.3) is 22.4 Å². The minimum atomic E-state index is 0.358. The molecule has 4 aromatic rings. The summed E-state index contributed by atoms with van der Waals surface area (Å²) in [5.41, 5.74) is 14.8. The van der Waals surface area contributed by atoms with Crippen LogP contribution < -0.4 is 20.9 Å². The van der Waals surface area contributed by atoms with Crippen LogP contribution in [0.2, 0.25) is 0 Å². The molecule has 0 atom stereocenters. The van der Waals surface area contributed by atoms with Gasteiger partial charge >= 0.3 is 0 Å². The molecule has 0 bridgehead atoms. The third-order valence-corrected chi connectivity index (χ3v) is 4.59. The molecule has 3 heterocycles. The Kier molecular flexibility index (Phi) is 4.90. The van der Waals surface area contributed by atoms with E-state index < -0.39 is 0 Å². The normalized spacial score (nSPS) is 11.0. The van der Waals surface area contributed by atoms with E-state index in [2.05, 4.69) is 9.97 Å². The number of aromatic nitrogens is 4. The van der Waals surface area contributed by atoms with Crippen LogP contribution in [-0.4, -0.2) is 33.2 Å². The van der Waals surface area contributed by atoms with Crippen LogP contribution in [0.4, 0.5) is 11.6 Å². The van der Waals surface area contributed by atoms with Crippen molar-refractivity contribution in [2.45, 2.75) is 13.5 Å². The van der Waals surface area contributed by atoms with Gasteiger partial charge in [0.05, 0.1) is 19.3 Å². The van der Waals surface area contributed by atoms with Gasteiger partial charge in [-0.2, -0.15) is 0 Å². The maximum absolute atomic E-state index is 5.91. The Morgan fingerprint density at radius 2 is 1.66 bits per heavy atom. The third kappa shape index (κ3) is 3.77. The topological polar surface area (TPSA) is 114 Å². The molecule has 1 aromatic carbocycles. The van der Waals surface area contributed by atoms with Gasteiger partial charge in [-0.3, -0.25) is 0 Å². The molecule has 3 aromatic heterocycles. The van der Waals surface area contributed by atoms with E-state index in [-0.39, 0.29) is 0 Å². The maximum Gasteiger partial charge on any atom is 0.161 e. The van der Waals surface area contributed by atoms with Crippen molar-refractivity contribution in [2.24, 2.45) is 0 Å². The van der Waals surface area contributed by atoms with Crippen molar-refractivity contribution < 1.29 is 9.47 Å². The Morgan fingerprint density at radius 3 is 2.38 bits per heavy atom. The predicted octanol–water partition coefficient (Wildman–Crippen LogP) is 3.05. The molecule has 0 radical (unpaired) electrons. The van der Waals surface area contributed by atoms with Gasteiger partial charge in [0.15, 0.2) is 17.1 Å². The second kappa shape index (κ2) is 7.67. The number of nitrogens with two attached hydrogens (primary N) is 2. The number of hydrogen-bond donors (Lipinski definition) is 2. The van der Waals surface area contributed by atoms with E-state index >= 15 is 0 Å². The third-order valence-electron chi connectivity index (χ3n) is 4.59. The first-order valence-electron chi connectivity index (χ1n) is 9.18. The second-order valence-corrected chi connectivity index (χ2v) is 6.55. The van der Waals surface area contributed by atoms with Crippen molar-refractivity contribution in [3.05, 3.63) is 54.4 Å². The summed E-state index contributed by atoms with van der Waals surface area (Å²) < 4.78 is 13.3. The SMILES string of the molecule is COc1ccccc1OCCn1c(C)nc2ccc(-c3cc(N)nc(N)c3)nc21. The smallest absolute Gasteiger partial charge is 0.161 e. The minimum Gasteiger partial charge on any atom is -0.493 e. The molecule has 8 heteroatoms. The van der Waals surface area contributed by atoms with Gasteiger partial charge in [-0.1, -0.05) is 12.1 Å². The fourth-order valence-corrected chi connectivity index (χ4v) is 3.25. The number of para-hydroxylation sites is 2. The van der Waals surface area contributed by atoms with Crippen LogP contribution in [-0.2, 0) is 6.54 Å². The average molecular weight is 390 g/mol. The van der Waals surface area contributed by atoms with Crippen molar-refractivity contribution >= 4 is 22.8 Å². The van der Waals surface area contributed by atoms with Crippen LogP contribution in [0.15, 0.2) is 48.5 Å². The molecule has 0 saturated heterocycles. The molecule has 0 aliphatic heterocycles. The number of anilines is 2. The van der Waals surface area contributed by atoms with Gasteiger partial charge in [0.2, 0.25) is 0 Å². The predicted molar refractivity (Wildman–Crippen MR) is 113 cm³/mol. The summed E-state index contributed by atoms with van der Waals surface area (Å²) in [7, 11) is 1.62. The summed E-state index contributed by atoms with van der Waals surface area (Å²) in [6, 6.07) is 14.9. The zero-order valence-electron chi connectivity index (χ0n) is 16.3. The number of hydrogen-bond acceptors (Lipinski definition) is 7. The summed E-state index contributed by atoms with van der Waals surface area (Å²) in [5.74, 6) is 2.98. The first kappa shape index (κ1) is 18.5. The van der Waals surface area contributed by atoms with E-state index in [9.17, 15) is 0 Å². The fourth-order valence-electron chi connectivity index (χ4n) is 3.25. The van der Waals surface area contributed by atoms with Gasteiger partial charge in [0.25, 0.3) is 0 Å². The number of fused-ring (bicyclic) bond motifs is 1. The standard InChI is InChI=1S/C21H22N6O2/c1-13-24-16-8-7-15(14-11-19(22)26-20(23)12-14)25-21(16)27(13)9-10-29-18-6-4-3-5-17(18)28-2/h3-8,11-12H,9-10H2,1-2H3,(H4,22,23,26). The van der Waals surface area contributed by atoms with E-state index in [4.69, 9.17) is 25.9 Å². The van der Waals surface area contributed by atoms with Gasteiger partial charge in [0.1, 0.15) is 29.6 Å². The van der Waals surface area contributed by atoms with Crippen LogP contribution in [0.1, 0.15) is 5.82 Å². The number of ether oxygens (including phenoxy) is 2. The molecule has 0 unspecified atom stereocenters. The Morgan fingerprint density at radius 1 is 0.931 bits per heavy atom. The fraction of sp³-hybridized carbons (Fsp3) is 0.190. The molecule has 4 N–H and O–H groups in total. The van der Waals surface area contributed by atoms with Gasteiger partial charge < -0.3 is 25.5 Å². The van der Waals surface area contributed by atoms with E-state index in [1.165, 1.54) is 0 Å². The summed E-state index contributed by atoms with van der Waals surface area (Å²) in [6.07, 6.45) is 0. The lowest BCUT2D eigenvalue weighted by Crippen LogP contribution is -2.10. The van der Waals surface area contributed by atoms with Crippen molar-refractivity contribution in [3.63, 3.8) is 0 Å². The van der Waals surface area contributed by atoms with Crippen LogP contribution in [0.3, 0.4) is 0 Å². The first-order valence-corrected chi connectivity index (χ1v) is 9.18. The molecule has 148 valence electrons. The average Bonchev–Trinajstić information content (AvgIpc) is 3.02. The number of aryl methyl sites for hydroxylation is 1. The lowest BCUT2D eigenvalue weighted by Gasteiger charge is -2.12. The second-order valence-electron chi connectivity index (χ2n) is 6.55. The van der Waals surface area contributed by atoms with E-state index in [1.807, 2.05) is 47.9 Å². The van der Waals surface area contributed by atoms with E-state index in [0.717, 1.165) is 28.2 Å². The van der Waals surface area contributed by atoms with E-state index in [1.54, 1.807) is 19.2 Å². The zero-order chi connectivity index (χ0) is 20.4. The highest BCUT2D eigenvalue weighted by Crippen LogP contribution is 2.27. The number of imidazole rings is 1. The maximum atomic E-state index is 5.91. The largest absolute Gasteiger partial charge is 0.493 e. The Labute approximate surface area is 168 Å². The Hall–Kier alpha value is -3.81. The first-order chi connectivity index (χ1) is 14.0. The van der Waals surface area contributed by atoms with Crippen molar-refractivity contribution in [1.29, 1.82) is 0 Å². The highest BCUT2D eigenvalue weighted by molar-refractivity contribution is 5.77. The quantitative estimate of drug-likeness (QED) is 0.520. The number of nitrogen functional groups attached to an aromatic ring is 2. The van der Waals surface area contributed by atoms with E-state index in [0.29, 0.717) is 36.3 Å². The highest BCUT2D eigenvalue weighted by Gasteiger charge is 2.12. The molecule has 0 aliphatic rings. The monoisotopic (exact) mass is 390 g/mol. The van der Waals surface area contributed by atoms with Crippen molar-refractivity contribution in [3.8, 4) is 22.8 Å². The Balaban J connectivity index is 1.61. The minimum absolute atomic E-state index is 0.358. The van der Waals surface area contributed by atoms with Gasteiger partial charge in [-0.15, -0.1) is 0 Å². The molecule has 0 saturated carbocycles. The molecular formula is C21H22N6O2. The molecule has 0 fully saturated rings. The van der Waals surface area contributed by atoms with Gasteiger partial charge in [-0.05, 0) is 43.3 Å². The molecule has 0 amide bonds. The summed E-state index contributed by atoms with van der Waals surface area (Å²) >= 11 is 0. The van der Waals surface area contributed by atoms with Crippen LogP contribution in [0, 0.1) is 6.92 Å². The van der Waals surface area contributed by atoms with Crippen molar-refractivity contribution in [1.82, 2.24) is 19.5 Å². The summed E-state index contributed by atoms with van der Waals surface area (Å²) in [6.45, 7) is 3.00. The number of pyridine rings is 2. The molecular weight excluding hydrogens is 368 g/mol. The number of methoxy groups -OCH3 is 1. The number of benzene rings is 1. The lowest BCUT2D eigenvalue weighted by atomic mass is 10.1. The Bertz CT molecular complexity index is 1150. The molecule has 4 rings (SSSR count). The zero-order valence-corrected chi connectivity index (χ0v) is 16.3. The lowest BCUT2D eigenvalue weighted by molar-refractivity contribution is 0.280. The van der Waals surface area contributed by atoms with Crippen molar-refractivity contribution in [2.75, 3.05) is 25.2 Å². The van der Waals surface area contributed by atoms with Gasteiger partial charge in [0, 0.05) is 5.56 Å². The number of rotatable bonds is 6. The summed E-state index contributed by atoms with van der Waals surface area (Å²) in [5, 5.41) is 0. The van der Waals surface area contributed by atoms with Gasteiger partial charge in [-0.25, -0.2) is 15.0 Å². The molecule has 0 spiro atoms. The molecule has 0 aliphatic carbocycles. The molecule has 8 nitrogen and oxygen atoms in total. The van der Waals surface area contributed by atoms with Crippen LogP contribution in [0.5, 0.6) is 11.5 Å².